The summed E-state index contributed by atoms with van der Waals surface area (Å²) in [6.45, 7) is 0. The highest BCUT2D eigenvalue weighted by atomic mass is 19.4. The predicted octanol–water partition coefficient (Wildman–Crippen LogP) is 1.99. The van der Waals surface area contributed by atoms with Crippen molar-refractivity contribution in [2.45, 2.75) is 12.3 Å². The number of aromatic hydroxyl groups is 1. The molecule has 0 saturated carbocycles. The molecule has 0 bridgehead atoms. The summed E-state index contributed by atoms with van der Waals surface area (Å²) in [5.74, 6) is -0.305. The van der Waals surface area contributed by atoms with Gasteiger partial charge in [-0.15, -0.1) is 0 Å². The third kappa shape index (κ3) is 2.35. The van der Waals surface area contributed by atoms with Gasteiger partial charge in [0.1, 0.15) is 5.75 Å². The van der Waals surface area contributed by atoms with E-state index in [4.69, 9.17) is 10.2 Å². The van der Waals surface area contributed by atoms with Crippen molar-refractivity contribution >= 4 is 0 Å². The molecule has 0 aliphatic rings. The summed E-state index contributed by atoms with van der Waals surface area (Å²) in [5, 5.41) is 17.6. The van der Waals surface area contributed by atoms with Crippen LogP contribution < -0.4 is 0 Å². The molecule has 0 heterocycles. The summed E-state index contributed by atoms with van der Waals surface area (Å²) in [6.07, 6.45) is -7.24. The predicted molar refractivity (Wildman–Crippen MR) is 39.1 cm³/mol. The number of aliphatic hydroxyl groups excluding tert-OH is 1. The molecular weight excluding hydrogens is 185 g/mol. The molecule has 0 fully saturated rings. The summed E-state index contributed by atoms with van der Waals surface area (Å²) < 4.78 is 35.8. The lowest BCUT2D eigenvalue weighted by atomic mass is 10.1. The molecule has 0 spiro atoms. The summed E-state index contributed by atoms with van der Waals surface area (Å²) in [7, 11) is 0. The van der Waals surface area contributed by atoms with Crippen LogP contribution in [-0.4, -0.2) is 16.4 Å². The Kier molecular flexibility index (Phi) is 2.47. The standard InChI is InChI=1S/C8H7F3O2/c9-8(10,11)7(13)5-2-1-3-6(12)4-5/h1-4,7,12-13H. The smallest absolute Gasteiger partial charge is 0.418 e. The first-order valence-corrected chi connectivity index (χ1v) is 3.45. The zero-order valence-electron chi connectivity index (χ0n) is 6.42. The molecule has 1 aromatic carbocycles. The number of halogens is 3. The monoisotopic (exact) mass is 192 g/mol. The van der Waals surface area contributed by atoms with Gasteiger partial charge in [0.05, 0.1) is 0 Å². The van der Waals surface area contributed by atoms with Crippen molar-refractivity contribution in [3.8, 4) is 5.75 Å². The molecule has 0 saturated heterocycles. The maximum Gasteiger partial charge on any atom is 0.418 e. The lowest BCUT2D eigenvalue weighted by molar-refractivity contribution is -0.206. The van der Waals surface area contributed by atoms with Gasteiger partial charge in [-0.1, -0.05) is 12.1 Å². The molecule has 0 aliphatic heterocycles. The number of alkyl halides is 3. The lowest BCUT2D eigenvalue weighted by Gasteiger charge is -2.14. The number of aliphatic hydroxyl groups is 1. The Morgan fingerprint density at radius 2 is 1.85 bits per heavy atom. The highest BCUT2D eigenvalue weighted by Crippen LogP contribution is 2.33. The van der Waals surface area contributed by atoms with Gasteiger partial charge in [0.2, 0.25) is 0 Å². The Morgan fingerprint density at radius 1 is 1.23 bits per heavy atom. The van der Waals surface area contributed by atoms with Gasteiger partial charge in [-0.05, 0) is 17.7 Å². The second-order valence-electron chi connectivity index (χ2n) is 2.54. The van der Waals surface area contributed by atoms with Crippen molar-refractivity contribution in [3.63, 3.8) is 0 Å². The molecule has 0 aromatic heterocycles. The average Bonchev–Trinajstić information content (AvgIpc) is 2.01. The van der Waals surface area contributed by atoms with Gasteiger partial charge < -0.3 is 10.2 Å². The van der Waals surface area contributed by atoms with Gasteiger partial charge in [-0.25, -0.2) is 0 Å². The van der Waals surface area contributed by atoms with Crippen LogP contribution in [-0.2, 0) is 0 Å². The van der Waals surface area contributed by atoms with Gasteiger partial charge in [-0.3, -0.25) is 0 Å². The van der Waals surface area contributed by atoms with E-state index >= 15 is 0 Å². The molecule has 1 unspecified atom stereocenters. The highest BCUT2D eigenvalue weighted by molar-refractivity contribution is 5.29. The number of rotatable bonds is 1. The van der Waals surface area contributed by atoms with E-state index in [9.17, 15) is 13.2 Å². The fourth-order valence-corrected chi connectivity index (χ4v) is 0.884. The number of benzene rings is 1. The van der Waals surface area contributed by atoms with Gasteiger partial charge in [0, 0.05) is 0 Å². The Labute approximate surface area is 72.2 Å². The minimum absolute atomic E-state index is 0.305. The Balaban J connectivity index is 2.96. The van der Waals surface area contributed by atoms with Crippen LogP contribution in [0.5, 0.6) is 5.75 Å². The van der Waals surface area contributed by atoms with E-state index in [1.54, 1.807) is 0 Å². The second kappa shape index (κ2) is 3.26. The molecule has 72 valence electrons. The summed E-state index contributed by atoms with van der Waals surface area (Å²) >= 11 is 0. The van der Waals surface area contributed by atoms with Gasteiger partial charge in [0.25, 0.3) is 0 Å². The van der Waals surface area contributed by atoms with Crippen molar-refractivity contribution < 1.29 is 23.4 Å². The maximum atomic E-state index is 11.9. The van der Waals surface area contributed by atoms with Gasteiger partial charge >= 0.3 is 6.18 Å². The second-order valence-corrected chi connectivity index (χ2v) is 2.54. The average molecular weight is 192 g/mol. The number of phenols is 1. The Morgan fingerprint density at radius 3 is 2.31 bits per heavy atom. The Bertz CT molecular complexity index is 296. The molecule has 0 amide bonds. The zero-order valence-corrected chi connectivity index (χ0v) is 6.42. The van der Waals surface area contributed by atoms with Crippen molar-refractivity contribution in [2.24, 2.45) is 0 Å². The molecule has 2 nitrogen and oxygen atoms in total. The third-order valence-electron chi connectivity index (χ3n) is 1.50. The number of phenolic OH excluding ortho intramolecular Hbond substituents is 1. The van der Waals surface area contributed by atoms with E-state index in [2.05, 4.69) is 0 Å². The van der Waals surface area contributed by atoms with Gasteiger partial charge in [0.15, 0.2) is 6.10 Å². The summed E-state index contributed by atoms with van der Waals surface area (Å²) in [6, 6.07) is 4.43. The van der Waals surface area contributed by atoms with Crippen molar-refractivity contribution in [3.05, 3.63) is 29.8 Å². The first-order chi connectivity index (χ1) is 5.91. The number of hydrogen-bond donors (Lipinski definition) is 2. The van der Waals surface area contributed by atoms with Gasteiger partial charge in [-0.2, -0.15) is 13.2 Å². The van der Waals surface area contributed by atoms with Crippen LogP contribution in [0.1, 0.15) is 11.7 Å². The van der Waals surface area contributed by atoms with E-state index in [0.29, 0.717) is 0 Å². The van der Waals surface area contributed by atoms with Crippen LogP contribution >= 0.6 is 0 Å². The van der Waals surface area contributed by atoms with E-state index in [0.717, 1.165) is 12.1 Å². The van der Waals surface area contributed by atoms with Crippen molar-refractivity contribution in [2.75, 3.05) is 0 Å². The fourth-order valence-electron chi connectivity index (χ4n) is 0.884. The van der Waals surface area contributed by atoms with E-state index in [-0.39, 0.29) is 11.3 Å². The maximum absolute atomic E-state index is 11.9. The molecule has 13 heavy (non-hydrogen) atoms. The minimum atomic E-state index is -4.70. The first-order valence-electron chi connectivity index (χ1n) is 3.45. The lowest BCUT2D eigenvalue weighted by Crippen LogP contribution is -2.19. The van der Waals surface area contributed by atoms with E-state index in [1.165, 1.54) is 12.1 Å². The molecule has 1 aromatic rings. The van der Waals surface area contributed by atoms with Crippen LogP contribution in [0.2, 0.25) is 0 Å². The molecule has 1 atom stereocenters. The minimum Gasteiger partial charge on any atom is -0.508 e. The summed E-state index contributed by atoms with van der Waals surface area (Å²) in [4.78, 5) is 0. The molecule has 5 heteroatoms. The molecule has 0 radical (unpaired) electrons. The van der Waals surface area contributed by atoms with Crippen LogP contribution in [0, 0.1) is 0 Å². The first kappa shape index (κ1) is 9.85. The molecule has 1 rings (SSSR count). The molecule has 2 N–H and O–H groups in total. The normalized spacial score (nSPS) is 14.2. The van der Waals surface area contributed by atoms with Crippen LogP contribution in [0.3, 0.4) is 0 Å². The van der Waals surface area contributed by atoms with Crippen LogP contribution in [0.4, 0.5) is 13.2 Å². The van der Waals surface area contributed by atoms with Crippen LogP contribution in [0.15, 0.2) is 24.3 Å². The summed E-state index contributed by atoms with van der Waals surface area (Å²) in [5.41, 5.74) is -0.368. The quantitative estimate of drug-likeness (QED) is 0.714. The zero-order chi connectivity index (χ0) is 10.1. The van der Waals surface area contributed by atoms with Crippen molar-refractivity contribution in [1.82, 2.24) is 0 Å². The third-order valence-corrected chi connectivity index (χ3v) is 1.50. The molecule has 0 aliphatic carbocycles. The highest BCUT2D eigenvalue weighted by Gasteiger charge is 2.39. The SMILES string of the molecule is Oc1cccc(C(O)C(F)(F)F)c1. The number of hydrogen-bond acceptors (Lipinski definition) is 2. The van der Waals surface area contributed by atoms with Crippen LogP contribution in [0.25, 0.3) is 0 Å². The van der Waals surface area contributed by atoms with E-state index in [1.807, 2.05) is 0 Å². The largest absolute Gasteiger partial charge is 0.508 e. The van der Waals surface area contributed by atoms with Crippen molar-refractivity contribution in [1.29, 1.82) is 0 Å². The fraction of sp³-hybridized carbons (Fsp3) is 0.250. The topological polar surface area (TPSA) is 40.5 Å². The molecular formula is C8H7F3O2. The Hall–Kier alpha value is -1.23. The van der Waals surface area contributed by atoms with E-state index < -0.39 is 12.3 Å².